The highest BCUT2D eigenvalue weighted by Crippen LogP contribution is 2.39. The molecule has 4 aromatic rings. The van der Waals surface area contributed by atoms with Gasteiger partial charge in [0.15, 0.2) is 0 Å². The van der Waals surface area contributed by atoms with Crippen LogP contribution >= 0.6 is 0 Å². The molecule has 1 aromatic heterocycles. The summed E-state index contributed by atoms with van der Waals surface area (Å²) in [6.07, 6.45) is -0.238. The van der Waals surface area contributed by atoms with Crippen molar-refractivity contribution in [1.82, 2.24) is 4.98 Å². The van der Waals surface area contributed by atoms with Gasteiger partial charge in [0, 0.05) is 16.9 Å². The van der Waals surface area contributed by atoms with Gasteiger partial charge in [0.25, 0.3) is 0 Å². The monoisotopic (exact) mass is 441 g/mol. The molecule has 1 aliphatic rings. The molecule has 0 radical (unpaired) electrons. The smallest absolute Gasteiger partial charge is 0.335 e. The molecule has 0 amide bonds. The predicted octanol–water partition coefficient (Wildman–Crippen LogP) is 4.80. The molecule has 2 atom stereocenters. The molecule has 0 saturated heterocycles. The number of benzene rings is 3. The Bertz CT molecular complexity index is 1320. The van der Waals surface area contributed by atoms with Gasteiger partial charge in [0.1, 0.15) is 18.1 Å². The molecular weight excluding hydrogens is 418 g/mol. The van der Waals surface area contributed by atoms with Gasteiger partial charge in [0.05, 0.1) is 29.5 Å². The van der Waals surface area contributed by atoms with Crippen LogP contribution in [0.1, 0.15) is 33.3 Å². The summed E-state index contributed by atoms with van der Waals surface area (Å²) in [5, 5.41) is 21.3. The van der Waals surface area contributed by atoms with Crippen molar-refractivity contribution in [2.24, 2.45) is 5.92 Å². The van der Waals surface area contributed by atoms with Crippen molar-refractivity contribution in [3.8, 4) is 11.5 Å². The number of aliphatic hydroxyl groups excluding tert-OH is 1. The van der Waals surface area contributed by atoms with Crippen LogP contribution in [0, 0.1) is 5.92 Å². The Kier molecular flexibility index (Phi) is 5.67. The second-order valence-corrected chi connectivity index (χ2v) is 8.21. The van der Waals surface area contributed by atoms with Crippen molar-refractivity contribution in [2.75, 3.05) is 6.61 Å². The van der Waals surface area contributed by atoms with Gasteiger partial charge in [-0.3, -0.25) is 0 Å². The highest BCUT2D eigenvalue weighted by atomic mass is 16.5. The molecule has 1 aliphatic heterocycles. The van der Waals surface area contributed by atoms with Crippen molar-refractivity contribution in [3.05, 3.63) is 101 Å². The molecular formula is C27H23NO5. The Labute approximate surface area is 191 Å². The number of hydrogen-bond acceptors (Lipinski definition) is 5. The minimum absolute atomic E-state index is 0.195. The van der Waals surface area contributed by atoms with Gasteiger partial charge in [-0.2, -0.15) is 0 Å². The van der Waals surface area contributed by atoms with E-state index in [1.165, 1.54) is 0 Å². The van der Waals surface area contributed by atoms with Gasteiger partial charge in [-0.1, -0.05) is 36.4 Å². The first kappa shape index (κ1) is 21.0. The third-order valence-electron chi connectivity index (χ3n) is 5.91. The number of para-hydroxylation sites is 1. The molecule has 5 rings (SSSR count). The quantitative estimate of drug-likeness (QED) is 0.447. The summed E-state index contributed by atoms with van der Waals surface area (Å²) in [4.78, 5) is 15.9. The lowest BCUT2D eigenvalue weighted by Gasteiger charge is -2.30. The Morgan fingerprint density at radius 3 is 2.79 bits per heavy atom. The number of aromatic carboxylic acids is 1. The molecule has 33 heavy (non-hydrogen) atoms. The summed E-state index contributed by atoms with van der Waals surface area (Å²) >= 11 is 0. The van der Waals surface area contributed by atoms with Crippen LogP contribution in [0.2, 0.25) is 0 Å². The van der Waals surface area contributed by atoms with Crippen LogP contribution in [0.4, 0.5) is 0 Å². The standard InChI is InChI=1S/C27H23NO5/c29-26-20(13-17-4-3-6-19(12-17)27(30)31)15-33-25-11-10-22(14-23(25)26)32-16-21-9-8-18-5-1-2-7-24(18)28-21/h1-12,14,20,26,29H,13,15-16H2,(H,30,31). The van der Waals surface area contributed by atoms with Crippen LogP contribution < -0.4 is 9.47 Å². The summed E-state index contributed by atoms with van der Waals surface area (Å²) < 4.78 is 11.8. The van der Waals surface area contributed by atoms with E-state index in [0.29, 0.717) is 36.7 Å². The topological polar surface area (TPSA) is 88.9 Å². The maximum atomic E-state index is 11.2. The fourth-order valence-corrected chi connectivity index (χ4v) is 4.17. The van der Waals surface area contributed by atoms with Gasteiger partial charge < -0.3 is 19.7 Å². The Balaban J connectivity index is 1.30. The van der Waals surface area contributed by atoms with E-state index in [4.69, 9.17) is 9.47 Å². The van der Waals surface area contributed by atoms with Crippen LogP contribution in [0.3, 0.4) is 0 Å². The van der Waals surface area contributed by atoms with Gasteiger partial charge >= 0.3 is 5.97 Å². The average Bonchev–Trinajstić information content (AvgIpc) is 2.84. The van der Waals surface area contributed by atoms with E-state index >= 15 is 0 Å². The zero-order chi connectivity index (χ0) is 22.8. The fourth-order valence-electron chi connectivity index (χ4n) is 4.17. The van der Waals surface area contributed by atoms with Gasteiger partial charge in [-0.15, -0.1) is 0 Å². The Hall–Kier alpha value is -3.90. The molecule has 0 bridgehead atoms. The van der Waals surface area contributed by atoms with Crippen LogP contribution in [-0.4, -0.2) is 27.8 Å². The van der Waals surface area contributed by atoms with E-state index in [-0.39, 0.29) is 11.5 Å². The minimum Gasteiger partial charge on any atom is -0.493 e. The van der Waals surface area contributed by atoms with Gasteiger partial charge in [-0.05, 0) is 54.4 Å². The number of nitrogens with zero attached hydrogens (tertiary/aromatic N) is 1. The first-order valence-corrected chi connectivity index (χ1v) is 10.8. The summed E-state index contributed by atoms with van der Waals surface area (Å²) in [5.74, 6) is 0.0957. The molecule has 2 N–H and O–H groups in total. The van der Waals surface area contributed by atoms with Crippen molar-refractivity contribution < 1.29 is 24.5 Å². The number of aromatic nitrogens is 1. The van der Waals surface area contributed by atoms with E-state index in [9.17, 15) is 15.0 Å². The van der Waals surface area contributed by atoms with E-state index < -0.39 is 12.1 Å². The largest absolute Gasteiger partial charge is 0.493 e. The van der Waals surface area contributed by atoms with E-state index in [1.807, 2.05) is 54.6 Å². The number of rotatable bonds is 6. The normalized spacial score (nSPS) is 17.2. The number of pyridine rings is 1. The number of carboxylic acids is 1. The van der Waals surface area contributed by atoms with Crippen LogP contribution in [-0.2, 0) is 13.0 Å². The average molecular weight is 441 g/mol. The lowest BCUT2D eigenvalue weighted by molar-refractivity contribution is 0.0504. The molecule has 3 aromatic carbocycles. The van der Waals surface area contributed by atoms with Gasteiger partial charge in [0.2, 0.25) is 0 Å². The summed E-state index contributed by atoms with van der Waals surface area (Å²) in [7, 11) is 0. The van der Waals surface area contributed by atoms with Crippen molar-refractivity contribution in [3.63, 3.8) is 0 Å². The number of fused-ring (bicyclic) bond motifs is 2. The maximum absolute atomic E-state index is 11.2. The zero-order valence-corrected chi connectivity index (χ0v) is 17.8. The summed E-state index contributed by atoms with van der Waals surface area (Å²) in [6, 6.07) is 24.1. The van der Waals surface area contributed by atoms with Crippen LogP contribution in [0.5, 0.6) is 11.5 Å². The molecule has 166 valence electrons. The summed E-state index contributed by atoms with van der Waals surface area (Å²) in [5.41, 5.74) is 3.49. The second kappa shape index (κ2) is 8.92. The number of carbonyl (C=O) groups is 1. The van der Waals surface area contributed by atoms with Gasteiger partial charge in [-0.25, -0.2) is 9.78 Å². The van der Waals surface area contributed by atoms with Crippen molar-refractivity contribution in [2.45, 2.75) is 19.1 Å². The highest BCUT2D eigenvalue weighted by molar-refractivity contribution is 5.87. The lowest BCUT2D eigenvalue weighted by atomic mass is 9.88. The Morgan fingerprint density at radius 1 is 1.03 bits per heavy atom. The van der Waals surface area contributed by atoms with Crippen molar-refractivity contribution in [1.29, 1.82) is 0 Å². The minimum atomic E-state index is -0.967. The first-order valence-electron chi connectivity index (χ1n) is 10.8. The molecule has 0 saturated carbocycles. The Morgan fingerprint density at radius 2 is 1.91 bits per heavy atom. The third kappa shape index (κ3) is 4.52. The maximum Gasteiger partial charge on any atom is 0.335 e. The summed E-state index contributed by atoms with van der Waals surface area (Å²) in [6.45, 7) is 0.665. The lowest BCUT2D eigenvalue weighted by Crippen LogP contribution is -2.27. The SMILES string of the molecule is O=C(O)c1cccc(CC2COc3ccc(OCc4ccc5ccccc5n4)cc3C2O)c1. The molecule has 6 nitrogen and oxygen atoms in total. The number of aliphatic hydroxyl groups is 1. The van der Waals surface area contributed by atoms with E-state index in [0.717, 1.165) is 22.2 Å². The van der Waals surface area contributed by atoms with E-state index in [1.54, 1.807) is 24.3 Å². The van der Waals surface area contributed by atoms with E-state index in [2.05, 4.69) is 4.98 Å². The predicted molar refractivity (Wildman–Crippen MR) is 124 cm³/mol. The molecule has 2 heterocycles. The first-order chi connectivity index (χ1) is 16.1. The fraction of sp³-hybridized carbons (Fsp3) is 0.185. The number of ether oxygens (including phenoxy) is 2. The molecule has 0 spiro atoms. The molecule has 0 fully saturated rings. The second-order valence-electron chi connectivity index (χ2n) is 8.21. The highest BCUT2D eigenvalue weighted by Gasteiger charge is 2.30. The number of hydrogen-bond donors (Lipinski definition) is 2. The van der Waals surface area contributed by atoms with Crippen LogP contribution in [0.15, 0.2) is 78.9 Å². The van der Waals surface area contributed by atoms with Crippen LogP contribution in [0.25, 0.3) is 10.9 Å². The zero-order valence-electron chi connectivity index (χ0n) is 17.8. The molecule has 6 heteroatoms. The number of carboxylic acid groups (broad SMARTS) is 1. The third-order valence-corrected chi connectivity index (χ3v) is 5.91. The molecule has 0 aliphatic carbocycles. The van der Waals surface area contributed by atoms with Crippen molar-refractivity contribution >= 4 is 16.9 Å². The molecule has 2 unspecified atom stereocenters.